The van der Waals surface area contributed by atoms with E-state index in [1.165, 1.54) is 12.1 Å². The van der Waals surface area contributed by atoms with E-state index in [9.17, 15) is 17.6 Å². The molecule has 0 aliphatic carbocycles. The number of para-hydroxylation sites is 1. The van der Waals surface area contributed by atoms with Crippen molar-refractivity contribution in [3.8, 4) is 0 Å². The van der Waals surface area contributed by atoms with E-state index in [1.807, 2.05) is 6.92 Å². The number of anilines is 2. The lowest BCUT2D eigenvalue weighted by molar-refractivity contribution is -0.114. The van der Waals surface area contributed by atoms with Gasteiger partial charge in [0, 0.05) is 4.47 Å². The van der Waals surface area contributed by atoms with Gasteiger partial charge < -0.3 is 5.32 Å². The summed E-state index contributed by atoms with van der Waals surface area (Å²) in [4.78, 5) is 12.3. The topological polar surface area (TPSA) is 66.5 Å². The van der Waals surface area contributed by atoms with Crippen LogP contribution in [0, 0.1) is 5.82 Å². The third-order valence-electron chi connectivity index (χ3n) is 3.53. The minimum atomic E-state index is -3.68. The Morgan fingerprint density at radius 1 is 1.24 bits per heavy atom. The van der Waals surface area contributed by atoms with Crippen LogP contribution in [-0.4, -0.2) is 27.1 Å². The van der Waals surface area contributed by atoms with E-state index < -0.39 is 28.3 Å². The number of aryl methyl sites for hydroxylation is 1. The molecule has 0 bridgehead atoms. The molecule has 2 aromatic carbocycles. The summed E-state index contributed by atoms with van der Waals surface area (Å²) in [6.45, 7) is 1.46. The fourth-order valence-corrected chi connectivity index (χ4v) is 3.57. The molecule has 134 valence electrons. The van der Waals surface area contributed by atoms with Gasteiger partial charge in [-0.3, -0.25) is 9.10 Å². The first kappa shape index (κ1) is 19.4. The van der Waals surface area contributed by atoms with Crippen molar-refractivity contribution in [2.24, 2.45) is 0 Å². The summed E-state index contributed by atoms with van der Waals surface area (Å²) in [5.74, 6) is -1.24. The maximum atomic E-state index is 13.8. The highest BCUT2D eigenvalue weighted by atomic mass is 79.9. The number of nitrogens with one attached hydrogen (secondary N) is 1. The Bertz CT molecular complexity index is 887. The van der Waals surface area contributed by atoms with Crippen LogP contribution < -0.4 is 9.62 Å². The van der Waals surface area contributed by atoms with Gasteiger partial charge in [0.2, 0.25) is 15.9 Å². The Kier molecular flexibility index (Phi) is 6.18. The molecule has 0 aliphatic heterocycles. The van der Waals surface area contributed by atoms with E-state index in [0.29, 0.717) is 16.6 Å². The molecule has 1 amide bonds. The van der Waals surface area contributed by atoms with E-state index in [0.717, 1.165) is 16.1 Å². The predicted molar refractivity (Wildman–Crippen MR) is 101 cm³/mol. The summed E-state index contributed by atoms with van der Waals surface area (Å²) in [7, 11) is -3.68. The van der Waals surface area contributed by atoms with E-state index in [1.54, 1.807) is 30.3 Å². The summed E-state index contributed by atoms with van der Waals surface area (Å²) in [6, 6.07) is 11.2. The van der Waals surface area contributed by atoms with Gasteiger partial charge in [0.05, 0.1) is 17.6 Å². The number of sulfonamides is 1. The summed E-state index contributed by atoms with van der Waals surface area (Å²) < 4.78 is 39.7. The van der Waals surface area contributed by atoms with Crippen molar-refractivity contribution in [3.05, 3.63) is 58.3 Å². The van der Waals surface area contributed by atoms with Crippen molar-refractivity contribution in [1.82, 2.24) is 0 Å². The average molecular weight is 429 g/mol. The van der Waals surface area contributed by atoms with Gasteiger partial charge in [0.15, 0.2) is 0 Å². The summed E-state index contributed by atoms with van der Waals surface area (Å²) in [6.07, 6.45) is 1.65. The van der Waals surface area contributed by atoms with Crippen LogP contribution in [0.3, 0.4) is 0 Å². The Morgan fingerprint density at radius 3 is 2.52 bits per heavy atom. The Morgan fingerprint density at radius 2 is 1.92 bits per heavy atom. The molecular weight excluding hydrogens is 411 g/mol. The highest BCUT2D eigenvalue weighted by molar-refractivity contribution is 9.10. The molecule has 8 heteroatoms. The first-order chi connectivity index (χ1) is 11.7. The fraction of sp³-hybridized carbons (Fsp3) is 0.235. The van der Waals surface area contributed by atoms with Gasteiger partial charge in [0.25, 0.3) is 0 Å². The second-order valence-corrected chi connectivity index (χ2v) is 8.25. The first-order valence-corrected chi connectivity index (χ1v) is 10.2. The van der Waals surface area contributed by atoms with Gasteiger partial charge in [-0.2, -0.15) is 0 Å². The Hall–Kier alpha value is -1.93. The van der Waals surface area contributed by atoms with Crippen LogP contribution in [0.15, 0.2) is 46.9 Å². The minimum absolute atomic E-state index is 0.00886. The molecule has 0 unspecified atom stereocenters. The van der Waals surface area contributed by atoms with Gasteiger partial charge in [-0.25, -0.2) is 12.8 Å². The molecule has 1 N–H and O–H groups in total. The number of carbonyl (C=O) groups excluding carboxylic acids is 1. The van der Waals surface area contributed by atoms with Gasteiger partial charge >= 0.3 is 0 Å². The van der Waals surface area contributed by atoms with Crippen LogP contribution in [0.25, 0.3) is 0 Å². The molecule has 2 aromatic rings. The van der Waals surface area contributed by atoms with Crippen LogP contribution in [0.5, 0.6) is 0 Å². The van der Waals surface area contributed by atoms with Gasteiger partial charge in [-0.15, -0.1) is 0 Å². The molecule has 0 saturated carbocycles. The van der Waals surface area contributed by atoms with Gasteiger partial charge in [-0.05, 0) is 36.2 Å². The molecule has 0 heterocycles. The number of benzene rings is 2. The number of nitrogens with zero attached hydrogens (tertiary/aromatic N) is 1. The standard InChI is InChI=1S/C17H18BrFN2O3S/c1-3-12-6-4-5-7-16(12)21(25(2,23)24)11-17(22)20-15-9-8-13(18)10-14(15)19/h4-10H,3,11H2,1-2H3,(H,20,22). The molecule has 25 heavy (non-hydrogen) atoms. The van der Waals surface area contributed by atoms with E-state index in [-0.39, 0.29) is 5.69 Å². The molecule has 0 fully saturated rings. The molecule has 0 radical (unpaired) electrons. The highest BCUT2D eigenvalue weighted by Gasteiger charge is 2.23. The zero-order valence-electron chi connectivity index (χ0n) is 13.8. The van der Waals surface area contributed by atoms with Crippen LogP contribution in [-0.2, 0) is 21.2 Å². The molecule has 0 aromatic heterocycles. The second kappa shape index (κ2) is 7.97. The summed E-state index contributed by atoms with van der Waals surface area (Å²) in [5, 5.41) is 2.41. The first-order valence-electron chi connectivity index (χ1n) is 7.53. The van der Waals surface area contributed by atoms with Crippen molar-refractivity contribution in [3.63, 3.8) is 0 Å². The smallest absolute Gasteiger partial charge is 0.245 e. The number of hydrogen-bond acceptors (Lipinski definition) is 3. The SMILES string of the molecule is CCc1ccccc1N(CC(=O)Nc1ccc(Br)cc1F)S(C)(=O)=O. The normalized spacial score (nSPS) is 11.2. The lowest BCUT2D eigenvalue weighted by atomic mass is 10.1. The molecule has 0 saturated heterocycles. The maximum absolute atomic E-state index is 13.8. The number of amides is 1. The zero-order valence-corrected chi connectivity index (χ0v) is 16.2. The van der Waals surface area contributed by atoms with Crippen LogP contribution in [0.4, 0.5) is 15.8 Å². The van der Waals surface area contributed by atoms with E-state index in [2.05, 4.69) is 21.2 Å². The Labute approximate surface area is 155 Å². The monoisotopic (exact) mass is 428 g/mol. The Balaban J connectivity index is 2.27. The summed E-state index contributed by atoms with van der Waals surface area (Å²) in [5.41, 5.74) is 1.24. The number of halogens is 2. The molecule has 0 aliphatic rings. The molecule has 2 rings (SSSR count). The van der Waals surface area contributed by atoms with Gasteiger partial charge in [0.1, 0.15) is 12.4 Å². The zero-order chi connectivity index (χ0) is 18.6. The largest absolute Gasteiger partial charge is 0.322 e. The lowest BCUT2D eigenvalue weighted by Crippen LogP contribution is -2.38. The summed E-state index contributed by atoms with van der Waals surface area (Å²) >= 11 is 3.14. The second-order valence-electron chi connectivity index (χ2n) is 5.42. The van der Waals surface area contributed by atoms with Crippen molar-refractivity contribution in [2.75, 3.05) is 22.4 Å². The average Bonchev–Trinajstić information content (AvgIpc) is 2.54. The minimum Gasteiger partial charge on any atom is -0.322 e. The molecule has 5 nitrogen and oxygen atoms in total. The third kappa shape index (κ3) is 5.02. The maximum Gasteiger partial charge on any atom is 0.245 e. The van der Waals surface area contributed by atoms with Crippen molar-refractivity contribution in [2.45, 2.75) is 13.3 Å². The molecule has 0 spiro atoms. The van der Waals surface area contributed by atoms with Crippen molar-refractivity contribution < 1.29 is 17.6 Å². The van der Waals surface area contributed by atoms with Gasteiger partial charge in [-0.1, -0.05) is 41.1 Å². The van der Waals surface area contributed by atoms with E-state index >= 15 is 0 Å². The van der Waals surface area contributed by atoms with E-state index in [4.69, 9.17) is 0 Å². The predicted octanol–water partition coefficient (Wildman–Crippen LogP) is 3.56. The fourth-order valence-electron chi connectivity index (χ4n) is 2.35. The number of hydrogen-bond donors (Lipinski definition) is 1. The van der Waals surface area contributed by atoms with Crippen LogP contribution in [0.1, 0.15) is 12.5 Å². The van der Waals surface area contributed by atoms with Crippen molar-refractivity contribution >= 4 is 43.2 Å². The van der Waals surface area contributed by atoms with Crippen molar-refractivity contribution in [1.29, 1.82) is 0 Å². The highest BCUT2D eigenvalue weighted by Crippen LogP contribution is 2.24. The molecular formula is C17H18BrFN2O3S. The van der Waals surface area contributed by atoms with Crippen LogP contribution >= 0.6 is 15.9 Å². The number of rotatable bonds is 6. The third-order valence-corrected chi connectivity index (χ3v) is 5.15. The lowest BCUT2D eigenvalue weighted by Gasteiger charge is -2.24. The number of carbonyl (C=O) groups is 1. The quantitative estimate of drug-likeness (QED) is 0.764. The van der Waals surface area contributed by atoms with Crippen LogP contribution in [0.2, 0.25) is 0 Å². The molecule has 0 atom stereocenters.